The van der Waals surface area contributed by atoms with E-state index in [1.807, 2.05) is 78.2 Å². The van der Waals surface area contributed by atoms with Gasteiger partial charge in [-0.15, -0.1) is 11.3 Å². The fourth-order valence-corrected chi connectivity index (χ4v) is 7.25. The predicted molar refractivity (Wildman–Crippen MR) is 217 cm³/mol. The fraction of sp³-hybridized carbons (Fsp3) is 0.227. The quantitative estimate of drug-likeness (QED) is 0.126. The Morgan fingerprint density at radius 1 is 0.561 bits per heavy atom. The zero-order valence-corrected chi connectivity index (χ0v) is 31.8. The van der Waals surface area contributed by atoms with Gasteiger partial charge in [0.25, 0.3) is 0 Å². The van der Waals surface area contributed by atoms with Crippen LogP contribution >= 0.6 is 11.3 Å². The van der Waals surface area contributed by atoms with Crippen LogP contribution < -0.4 is 26.6 Å². The van der Waals surface area contributed by atoms with Crippen molar-refractivity contribution in [2.24, 2.45) is 0 Å². The van der Waals surface area contributed by atoms with E-state index in [-0.39, 0.29) is 38.5 Å². The number of nitrogens with one attached hydrogen (secondary N) is 5. The van der Waals surface area contributed by atoms with Crippen LogP contribution in [0.25, 0.3) is 11.1 Å². The number of amides is 5. The molecule has 4 atom stereocenters. The molecule has 7 rings (SSSR count). The highest BCUT2D eigenvalue weighted by Gasteiger charge is 2.32. The van der Waals surface area contributed by atoms with Crippen molar-refractivity contribution in [2.45, 2.75) is 62.7 Å². The number of carboxylic acids is 1. The summed E-state index contributed by atoms with van der Waals surface area (Å²) in [4.78, 5) is 81.8. The molecule has 12 nitrogen and oxygen atoms in total. The van der Waals surface area contributed by atoms with Crippen LogP contribution in [0.2, 0.25) is 0 Å². The molecule has 1 aromatic heterocycles. The second kappa shape index (κ2) is 19.3. The smallest absolute Gasteiger partial charge is 0.326 e. The van der Waals surface area contributed by atoms with Crippen LogP contribution in [0.4, 0.5) is 5.69 Å². The minimum absolute atomic E-state index is 0.0275. The van der Waals surface area contributed by atoms with Crippen molar-refractivity contribution in [1.82, 2.24) is 21.3 Å². The number of carbonyl (C=O) groups is 6. The van der Waals surface area contributed by atoms with Gasteiger partial charge in [-0.1, -0.05) is 103 Å². The zero-order chi connectivity index (χ0) is 40.1. The average molecular weight is 786 g/mol. The topological polar surface area (TPSA) is 183 Å². The number of thiophene rings is 1. The second-order valence-corrected chi connectivity index (χ2v) is 14.9. The number of rotatable bonds is 8. The summed E-state index contributed by atoms with van der Waals surface area (Å²) in [5.74, 6) is -4.28. The van der Waals surface area contributed by atoms with Crippen LogP contribution in [0.1, 0.15) is 34.4 Å². The molecule has 2 bridgehead atoms. The molecular formula is C44H43N5O7S. The Bertz CT molecular complexity index is 2160. The molecule has 13 heteroatoms. The van der Waals surface area contributed by atoms with Gasteiger partial charge in [0.2, 0.25) is 29.5 Å². The molecule has 0 fully saturated rings. The van der Waals surface area contributed by atoms with Crippen molar-refractivity contribution < 1.29 is 33.9 Å². The number of fused-ring (bicyclic) bond motifs is 18. The van der Waals surface area contributed by atoms with Crippen LogP contribution in [0, 0.1) is 0 Å². The summed E-state index contributed by atoms with van der Waals surface area (Å²) < 4.78 is 0. The molecule has 6 N–H and O–H groups in total. The number of carboxylic acid groups (broad SMARTS) is 1. The van der Waals surface area contributed by atoms with Gasteiger partial charge in [-0.05, 0) is 51.4 Å². The summed E-state index contributed by atoms with van der Waals surface area (Å²) in [6.07, 6.45) is -0.261. The first-order valence-electron chi connectivity index (χ1n) is 18.6. The summed E-state index contributed by atoms with van der Waals surface area (Å²) in [5.41, 5.74) is 4.40. The Labute approximate surface area is 334 Å². The molecule has 0 aliphatic carbocycles. The van der Waals surface area contributed by atoms with Gasteiger partial charge in [-0.2, -0.15) is 0 Å². The van der Waals surface area contributed by atoms with E-state index >= 15 is 0 Å². The summed E-state index contributed by atoms with van der Waals surface area (Å²) in [7, 11) is 0. The maximum Gasteiger partial charge on any atom is 0.326 e. The highest BCUT2D eigenvalue weighted by molar-refractivity contribution is 7.09. The third-order valence-electron chi connectivity index (χ3n) is 9.56. The van der Waals surface area contributed by atoms with Gasteiger partial charge in [0.1, 0.15) is 24.2 Å². The van der Waals surface area contributed by atoms with Crippen LogP contribution in [-0.4, -0.2) is 64.8 Å². The Balaban J connectivity index is 1.34. The fourth-order valence-electron chi connectivity index (χ4n) is 6.50. The van der Waals surface area contributed by atoms with E-state index in [9.17, 15) is 33.9 Å². The van der Waals surface area contributed by atoms with E-state index in [4.69, 9.17) is 0 Å². The molecule has 57 heavy (non-hydrogen) atoms. The van der Waals surface area contributed by atoms with Gasteiger partial charge in [0.05, 0.1) is 0 Å². The van der Waals surface area contributed by atoms with E-state index in [2.05, 4.69) is 26.6 Å². The SMILES string of the molecule is O=C1CCC(=O)NC(Cc2cccs2)C(=O)N[C@H](Cc2ccc(-c3ccccc3)cc2)C(=O)N[C@H](Cc2ccccc2)C(=O)N[C@H](C(=O)O)Cc2ccc(cc2)N1. The molecule has 0 radical (unpaired) electrons. The summed E-state index contributed by atoms with van der Waals surface area (Å²) in [6.45, 7) is 0. The Kier molecular flexibility index (Phi) is 13.6. The van der Waals surface area contributed by atoms with Crippen molar-refractivity contribution in [3.05, 3.63) is 148 Å². The lowest BCUT2D eigenvalue weighted by Gasteiger charge is -2.26. The lowest BCUT2D eigenvalue weighted by atomic mass is 9.99. The Morgan fingerprint density at radius 3 is 1.70 bits per heavy atom. The number of carbonyl (C=O) groups excluding carboxylic acids is 5. The van der Waals surface area contributed by atoms with Gasteiger partial charge < -0.3 is 31.7 Å². The van der Waals surface area contributed by atoms with E-state index in [0.29, 0.717) is 22.4 Å². The molecule has 2 aliphatic rings. The molecule has 1 unspecified atom stereocenters. The van der Waals surface area contributed by atoms with Crippen molar-refractivity contribution in [2.75, 3.05) is 5.32 Å². The van der Waals surface area contributed by atoms with Crippen molar-refractivity contribution in [3.63, 3.8) is 0 Å². The second-order valence-electron chi connectivity index (χ2n) is 13.8. The third kappa shape index (κ3) is 11.7. The maximum absolute atomic E-state index is 14.4. The lowest BCUT2D eigenvalue weighted by Crippen LogP contribution is -2.59. The summed E-state index contributed by atoms with van der Waals surface area (Å²) in [5, 5.41) is 25.7. The Morgan fingerprint density at radius 2 is 1.11 bits per heavy atom. The maximum atomic E-state index is 14.4. The first-order valence-corrected chi connectivity index (χ1v) is 19.5. The molecule has 5 amide bonds. The normalized spacial score (nSPS) is 19.9. The minimum Gasteiger partial charge on any atom is -0.480 e. The predicted octanol–water partition coefficient (Wildman–Crippen LogP) is 4.44. The van der Waals surface area contributed by atoms with Crippen molar-refractivity contribution in [3.8, 4) is 11.1 Å². The zero-order valence-electron chi connectivity index (χ0n) is 31.0. The standard InChI is InChI=1S/C44H43N5O7S/c50-39-21-22-40(51)46-37(27-34-12-7-23-57-34)43(54)48-36(25-29-13-17-32(18-14-29)31-10-5-2-6-11-31)41(52)47-35(24-28-8-3-1-4-9-28)42(53)49-38(44(55)56)26-30-15-19-33(45-39)20-16-30/h1-20,23,35-38H,21-22,24-27H2,(H,45,50)(H,46,51)(H,47,52)(H,48,54)(H,49,53)(H,55,56)/t35-,36-,37?,38+/m1/s1. The first kappa shape index (κ1) is 40.1. The molecule has 4 aromatic carbocycles. The van der Waals surface area contributed by atoms with Crippen LogP contribution in [0.5, 0.6) is 0 Å². The van der Waals surface area contributed by atoms with Gasteiger partial charge in [0, 0.05) is 49.1 Å². The number of hydrogen-bond donors (Lipinski definition) is 6. The summed E-state index contributed by atoms with van der Waals surface area (Å²) >= 11 is 1.41. The van der Waals surface area contributed by atoms with Gasteiger partial charge in [0.15, 0.2) is 0 Å². The molecule has 5 aromatic rings. The summed E-state index contributed by atoms with van der Waals surface area (Å²) in [6, 6.07) is 31.5. The minimum atomic E-state index is -1.35. The third-order valence-corrected chi connectivity index (χ3v) is 10.5. The average Bonchev–Trinajstić information content (AvgIpc) is 3.73. The van der Waals surface area contributed by atoms with Crippen molar-refractivity contribution >= 4 is 52.5 Å². The molecule has 0 saturated heterocycles. The first-order chi connectivity index (χ1) is 27.6. The van der Waals surface area contributed by atoms with Crippen LogP contribution in [-0.2, 0) is 54.5 Å². The molecule has 3 heterocycles. The lowest BCUT2D eigenvalue weighted by molar-refractivity contribution is -0.142. The molecule has 0 spiro atoms. The van der Waals surface area contributed by atoms with Crippen LogP contribution in [0.3, 0.4) is 0 Å². The Hall–Kier alpha value is -6.60. The molecule has 292 valence electrons. The highest BCUT2D eigenvalue weighted by Crippen LogP contribution is 2.21. The van der Waals surface area contributed by atoms with E-state index in [1.165, 1.54) is 11.3 Å². The molecule has 2 aliphatic heterocycles. The van der Waals surface area contributed by atoms with Gasteiger partial charge in [-0.25, -0.2) is 4.79 Å². The number of hydrogen-bond acceptors (Lipinski definition) is 7. The number of aliphatic carboxylic acids is 1. The van der Waals surface area contributed by atoms with Crippen molar-refractivity contribution in [1.29, 1.82) is 0 Å². The monoisotopic (exact) mass is 785 g/mol. The van der Waals surface area contributed by atoms with Crippen LogP contribution in [0.15, 0.2) is 127 Å². The highest BCUT2D eigenvalue weighted by atomic mass is 32.1. The van der Waals surface area contributed by atoms with Gasteiger partial charge in [-0.3, -0.25) is 24.0 Å². The van der Waals surface area contributed by atoms with E-state index < -0.39 is 59.7 Å². The molecular weight excluding hydrogens is 743 g/mol. The number of anilines is 1. The molecule has 0 saturated carbocycles. The number of benzene rings is 4. The largest absolute Gasteiger partial charge is 0.480 e. The van der Waals surface area contributed by atoms with E-state index in [1.54, 1.807) is 48.5 Å². The van der Waals surface area contributed by atoms with E-state index in [0.717, 1.165) is 16.0 Å². The van der Waals surface area contributed by atoms with Gasteiger partial charge >= 0.3 is 5.97 Å².